The average molecular weight is 518 g/mol. The zero-order chi connectivity index (χ0) is 26.4. The molecule has 0 aliphatic heterocycles. The molecule has 0 aliphatic carbocycles. The minimum Gasteiger partial charge on any atom is -0.489 e. The molecule has 1 atom stereocenters. The molecule has 4 aromatic carbocycles. The van der Waals surface area contributed by atoms with Crippen molar-refractivity contribution in [3.63, 3.8) is 0 Å². The Morgan fingerprint density at radius 3 is 1.79 bits per heavy atom. The Morgan fingerprint density at radius 1 is 0.737 bits per heavy atom. The van der Waals surface area contributed by atoms with Crippen LogP contribution in [-0.4, -0.2) is 5.52 Å². The van der Waals surface area contributed by atoms with Gasteiger partial charge in [-0.25, -0.2) is 0 Å². The first-order valence-corrected chi connectivity index (χ1v) is 13.6. The predicted molar refractivity (Wildman–Crippen MR) is 155 cm³/mol. The van der Waals surface area contributed by atoms with E-state index in [1.54, 1.807) is 0 Å². The SMILES string of the molecule is Cc1cc(C(C)(C)C)cc(C)c1C(=O)Pc1ccc(OCc2ccccc2)cc1OCc1ccccc1.[Li+]. The summed E-state index contributed by atoms with van der Waals surface area (Å²) in [7, 11) is -0.0499. The minimum atomic E-state index is -0.0499. The molecule has 1 unspecified atom stereocenters. The monoisotopic (exact) mass is 517 g/mol. The van der Waals surface area contributed by atoms with E-state index in [-0.39, 0.29) is 38.4 Å². The smallest absolute Gasteiger partial charge is 0.489 e. The zero-order valence-electron chi connectivity index (χ0n) is 23.3. The van der Waals surface area contributed by atoms with Crippen molar-refractivity contribution in [1.29, 1.82) is 0 Å². The second-order valence-corrected chi connectivity index (χ2v) is 11.6. The molecular formula is C33H35LiO3P+. The first kappa shape index (κ1) is 29.7. The van der Waals surface area contributed by atoms with Gasteiger partial charge in [-0.15, -0.1) is 0 Å². The molecule has 0 spiro atoms. The molecular weight excluding hydrogens is 482 g/mol. The molecule has 5 heteroatoms. The van der Waals surface area contributed by atoms with Crippen molar-refractivity contribution >= 4 is 19.4 Å². The predicted octanol–water partition coefficient (Wildman–Crippen LogP) is 4.91. The Hall–Kier alpha value is -2.82. The molecule has 3 nitrogen and oxygen atoms in total. The summed E-state index contributed by atoms with van der Waals surface area (Å²) in [6, 6.07) is 30.2. The summed E-state index contributed by atoms with van der Waals surface area (Å²) in [5, 5.41) is 0.881. The summed E-state index contributed by atoms with van der Waals surface area (Å²) >= 11 is 0. The van der Waals surface area contributed by atoms with E-state index in [1.807, 2.05) is 92.7 Å². The average Bonchev–Trinajstić information content (AvgIpc) is 2.87. The molecule has 0 radical (unpaired) electrons. The Labute approximate surface area is 240 Å². The van der Waals surface area contributed by atoms with E-state index in [4.69, 9.17) is 9.47 Å². The third-order valence-corrected chi connectivity index (χ3v) is 7.47. The second-order valence-electron chi connectivity index (χ2n) is 10.4. The zero-order valence-corrected chi connectivity index (χ0v) is 24.3. The Balaban J connectivity index is 0.00000400. The van der Waals surface area contributed by atoms with E-state index in [2.05, 4.69) is 32.9 Å². The molecule has 190 valence electrons. The van der Waals surface area contributed by atoms with Crippen LogP contribution in [0.25, 0.3) is 0 Å². The van der Waals surface area contributed by atoms with Gasteiger partial charge in [0.05, 0.1) is 0 Å². The number of benzene rings is 4. The Kier molecular flexibility index (Phi) is 10.4. The number of carbonyl (C=O) groups excluding carboxylic acids is 1. The van der Waals surface area contributed by atoms with E-state index in [1.165, 1.54) is 5.56 Å². The molecule has 0 fully saturated rings. The maximum atomic E-state index is 13.6. The van der Waals surface area contributed by atoms with Crippen LogP contribution in [0.1, 0.15) is 58.9 Å². The van der Waals surface area contributed by atoms with Gasteiger partial charge >= 0.3 is 18.9 Å². The maximum Gasteiger partial charge on any atom is 1.00 e. The number of rotatable bonds is 9. The summed E-state index contributed by atoms with van der Waals surface area (Å²) in [6.07, 6.45) is 0. The van der Waals surface area contributed by atoms with Crippen LogP contribution in [0.3, 0.4) is 0 Å². The molecule has 38 heavy (non-hydrogen) atoms. The molecule has 0 bridgehead atoms. The number of hydrogen-bond donors (Lipinski definition) is 0. The van der Waals surface area contributed by atoms with E-state index in [0.29, 0.717) is 19.0 Å². The third kappa shape index (κ3) is 7.84. The number of hydrogen-bond acceptors (Lipinski definition) is 3. The van der Waals surface area contributed by atoms with Gasteiger partial charge in [0.2, 0.25) is 0 Å². The molecule has 0 heterocycles. The number of ether oxygens (including phenoxy) is 2. The molecule has 0 saturated carbocycles. The van der Waals surface area contributed by atoms with E-state index >= 15 is 0 Å². The van der Waals surface area contributed by atoms with E-state index in [9.17, 15) is 4.79 Å². The minimum absolute atomic E-state index is 0. The van der Waals surface area contributed by atoms with Crippen molar-refractivity contribution < 1.29 is 33.1 Å². The van der Waals surface area contributed by atoms with Crippen LogP contribution in [0.5, 0.6) is 11.5 Å². The third-order valence-electron chi connectivity index (χ3n) is 6.31. The molecule has 4 aromatic rings. The fraction of sp³-hybridized carbons (Fsp3) is 0.242. The fourth-order valence-electron chi connectivity index (χ4n) is 4.23. The van der Waals surface area contributed by atoms with Gasteiger partial charge in [-0.1, -0.05) is 93.6 Å². The van der Waals surface area contributed by atoms with Gasteiger partial charge in [0.1, 0.15) is 24.7 Å². The molecule has 0 aromatic heterocycles. The summed E-state index contributed by atoms with van der Waals surface area (Å²) in [5.41, 5.74) is 6.43. The summed E-state index contributed by atoms with van der Waals surface area (Å²) in [5.74, 6) is 1.40. The van der Waals surface area contributed by atoms with Crippen molar-refractivity contribution in [2.24, 2.45) is 0 Å². The van der Waals surface area contributed by atoms with Gasteiger partial charge in [0.15, 0.2) is 5.52 Å². The quantitative estimate of drug-likeness (QED) is 0.234. The normalized spacial score (nSPS) is 11.3. The van der Waals surface area contributed by atoms with Crippen molar-refractivity contribution in [3.05, 3.63) is 124 Å². The first-order chi connectivity index (χ1) is 17.7. The van der Waals surface area contributed by atoms with Crippen molar-refractivity contribution in [1.82, 2.24) is 0 Å². The van der Waals surface area contributed by atoms with E-state index in [0.717, 1.165) is 38.9 Å². The van der Waals surface area contributed by atoms with Gasteiger partial charge in [0.25, 0.3) is 0 Å². The van der Waals surface area contributed by atoms with Gasteiger partial charge in [-0.2, -0.15) is 0 Å². The van der Waals surface area contributed by atoms with Crippen molar-refractivity contribution in [2.75, 3.05) is 0 Å². The molecule has 0 N–H and O–H groups in total. The number of aryl methyl sites for hydroxylation is 2. The van der Waals surface area contributed by atoms with Gasteiger partial charge in [-0.3, -0.25) is 4.79 Å². The topological polar surface area (TPSA) is 35.5 Å². The van der Waals surface area contributed by atoms with Crippen LogP contribution in [0.2, 0.25) is 0 Å². The molecule has 0 amide bonds. The van der Waals surface area contributed by atoms with Crippen molar-refractivity contribution in [3.8, 4) is 11.5 Å². The van der Waals surface area contributed by atoms with Gasteiger partial charge in [0, 0.05) is 16.9 Å². The molecule has 4 rings (SSSR count). The Bertz CT molecular complexity index is 1340. The van der Waals surface area contributed by atoms with Crippen molar-refractivity contribution in [2.45, 2.75) is 53.2 Å². The van der Waals surface area contributed by atoms with Gasteiger partial charge < -0.3 is 9.47 Å². The molecule has 0 saturated heterocycles. The van der Waals surface area contributed by atoms with Gasteiger partial charge in [-0.05, 0) is 67.8 Å². The second kappa shape index (κ2) is 13.3. The van der Waals surface area contributed by atoms with Crippen LogP contribution < -0.4 is 33.6 Å². The van der Waals surface area contributed by atoms with E-state index < -0.39 is 0 Å². The van der Waals surface area contributed by atoms with Crippen LogP contribution in [0.4, 0.5) is 0 Å². The van der Waals surface area contributed by atoms with Crippen LogP contribution in [0, 0.1) is 13.8 Å². The first-order valence-electron chi connectivity index (χ1n) is 12.6. The fourth-order valence-corrected chi connectivity index (χ4v) is 5.43. The molecule has 0 aliphatic rings. The number of carbonyl (C=O) groups is 1. The standard InChI is InChI=1S/C33H35O3P.Li/c1-23-18-27(33(3,4)5)19-24(2)31(23)32(34)37-30-17-16-28(35-21-25-12-8-6-9-13-25)20-29(30)36-22-26-14-10-7-11-15-26;/h6-20,37H,21-22H2,1-5H3;/q;+1. The van der Waals surface area contributed by atoms with Crippen LogP contribution in [-0.2, 0) is 18.6 Å². The van der Waals surface area contributed by atoms with Crippen LogP contribution in [0.15, 0.2) is 91.0 Å². The summed E-state index contributed by atoms with van der Waals surface area (Å²) in [6.45, 7) is 11.6. The Morgan fingerprint density at radius 2 is 1.26 bits per heavy atom. The van der Waals surface area contributed by atoms with Crippen LogP contribution >= 0.6 is 8.58 Å². The summed E-state index contributed by atoms with van der Waals surface area (Å²) < 4.78 is 12.3. The maximum absolute atomic E-state index is 13.6. The largest absolute Gasteiger partial charge is 1.00 e. The summed E-state index contributed by atoms with van der Waals surface area (Å²) in [4.78, 5) is 13.6.